The van der Waals surface area contributed by atoms with Crippen molar-refractivity contribution in [3.8, 4) is 16.9 Å². The van der Waals surface area contributed by atoms with E-state index < -0.39 is 12.7 Å². The average molecular weight is 418 g/mol. The van der Waals surface area contributed by atoms with Gasteiger partial charge in [0.05, 0.1) is 5.56 Å². The van der Waals surface area contributed by atoms with E-state index in [0.29, 0.717) is 28.2 Å². The molecule has 2 amide bonds. The zero-order valence-electron chi connectivity index (χ0n) is 16.4. The molecule has 0 aliphatic heterocycles. The summed E-state index contributed by atoms with van der Waals surface area (Å²) in [6.45, 7) is -0.382. The van der Waals surface area contributed by atoms with Crippen LogP contribution >= 0.6 is 0 Å². The fourth-order valence-corrected chi connectivity index (χ4v) is 3.05. The number of hydrogen-bond donors (Lipinski definition) is 3. The van der Waals surface area contributed by atoms with Gasteiger partial charge in [0.15, 0.2) is 5.82 Å². The molecule has 0 saturated carbocycles. The second-order valence-corrected chi connectivity index (χ2v) is 6.73. The quantitative estimate of drug-likeness (QED) is 0.446. The molecule has 0 bridgehead atoms. The molecule has 0 fully saturated rings. The molecule has 0 saturated heterocycles. The van der Waals surface area contributed by atoms with Crippen LogP contribution in [0.25, 0.3) is 16.9 Å². The number of carbonyl (C=O) groups is 1. The highest BCUT2D eigenvalue weighted by Crippen LogP contribution is 2.14. The van der Waals surface area contributed by atoms with Crippen LogP contribution in [0.1, 0.15) is 11.1 Å². The average Bonchev–Trinajstić information content (AvgIpc) is 3.20. The van der Waals surface area contributed by atoms with E-state index in [0.717, 1.165) is 5.56 Å². The Bertz CT molecular complexity index is 1250. The summed E-state index contributed by atoms with van der Waals surface area (Å²) in [6, 6.07) is 13.1. The zero-order chi connectivity index (χ0) is 21.6. The number of rotatable bonds is 6. The minimum absolute atomic E-state index is 0.217. The van der Waals surface area contributed by atoms with E-state index in [1.807, 2.05) is 0 Å². The number of hydrogen-bond acceptors (Lipinski definition) is 4. The summed E-state index contributed by atoms with van der Waals surface area (Å²) < 4.78 is 14.1. The number of pyridine rings is 2. The number of anilines is 1. The fraction of sp³-hybridized carbons (Fsp3) is 0.0909. The van der Waals surface area contributed by atoms with Gasteiger partial charge >= 0.3 is 6.03 Å². The Morgan fingerprint density at radius 3 is 2.81 bits per heavy atom. The van der Waals surface area contributed by atoms with Crippen LogP contribution < -0.4 is 16.2 Å². The summed E-state index contributed by atoms with van der Waals surface area (Å²) in [6.07, 6.45) is 6.42. The molecule has 1 aromatic carbocycles. The van der Waals surface area contributed by atoms with Gasteiger partial charge in [-0.05, 0) is 41.5 Å². The molecule has 8 nitrogen and oxygen atoms in total. The second-order valence-electron chi connectivity index (χ2n) is 6.73. The van der Waals surface area contributed by atoms with Crippen LogP contribution in [0.3, 0.4) is 0 Å². The van der Waals surface area contributed by atoms with Crippen LogP contribution in [0.5, 0.6) is 0 Å². The summed E-state index contributed by atoms with van der Waals surface area (Å²) in [5, 5.41) is 8.30. The molecular weight excluding hydrogens is 399 g/mol. The first-order valence-corrected chi connectivity index (χ1v) is 9.50. The number of alkyl halides is 1. The molecule has 3 N–H and O–H groups in total. The molecule has 156 valence electrons. The summed E-state index contributed by atoms with van der Waals surface area (Å²) in [4.78, 5) is 33.2. The fourth-order valence-electron chi connectivity index (χ4n) is 3.05. The molecule has 0 aliphatic rings. The van der Waals surface area contributed by atoms with E-state index in [2.05, 4.69) is 25.7 Å². The maximum Gasteiger partial charge on any atom is 0.319 e. The topological polar surface area (TPSA) is 105 Å². The predicted octanol–water partition coefficient (Wildman–Crippen LogP) is 3.41. The molecule has 0 radical (unpaired) electrons. The number of aromatic nitrogens is 4. The molecule has 31 heavy (non-hydrogen) atoms. The second kappa shape index (κ2) is 9.04. The van der Waals surface area contributed by atoms with Crippen molar-refractivity contribution in [2.24, 2.45) is 0 Å². The lowest BCUT2D eigenvalue weighted by atomic mass is 10.2. The maximum atomic E-state index is 12.8. The van der Waals surface area contributed by atoms with Crippen LogP contribution in [0.15, 0.2) is 78.1 Å². The molecule has 4 rings (SSSR count). The highest BCUT2D eigenvalue weighted by Gasteiger charge is 2.11. The van der Waals surface area contributed by atoms with Crippen molar-refractivity contribution in [2.75, 3.05) is 5.32 Å². The van der Waals surface area contributed by atoms with E-state index in [1.54, 1.807) is 73.3 Å². The van der Waals surface area contributed by atoms with Gasteiger partial charge in [-0.2, -0.15) is 0 Å². The molecule has 3 heterocycles. The third-order valence-corrected chi connectivity index (χ3v) is 4.58. The predicted molar refractivity (Wildman–Crippen MR) is 115 cm³/mol. The first-order valence-electron chi connectivity index (χ1n) is 9.50. The van der Waals surface area contributed by atoms with Crippen molar-refractivity contribution in [3.05, 3.63) is 94.8 Å². The van der Waals surface area contributed by atoms with Gasteiger partial charge in [-0.25, -0.2) is 18.9 Å². The highest BCUT2D eigenvalue weighted by atomic mass is 19.1. The normalized spacial score (nSPS) is 10.6. The lowest BCUT2D eigenvalue weighted by Crippen LogP contribution is -2.28. The number of urea groups is 1. The number of H-pyrrole nitrogens is 1. The van der Waals surface area contributed by atoms with Crippen molar-refractivity contribution in [2.45, 2.75) is 13.2 Å². The summed E-state index contributed by atoms with van der Waals surface area (Å²) in [5.41, 5.74) is 2.67. The largest absolute Gasteiger partial charge is 0.334 e. The van der Waals surface area contributed by atoms with E-state index in [-0.39, 0.29) is 12.1 Å². The van der Waals surface area contributed by atoms with Gasteiger partial charge < -0.3 is 10.6 Å². The summed E-state index contributed by atoms with van der Waals surface area (Å²) in [7, 11) is 0. The Hall–Kier alpha value is -4.27. The molecule has 0 unspecified atom stereocenters. The SMILES string of the molecule is O=C(NCc1ccnc(-n2[nH]cc(-c3cccnc3)c2=O)c1)Nc1cccc(CF)c1. The molecule has 4 aromatic rings. The van der Waals surface area contributed by atoms with Crippen LogP contribution in [0.2, 0.25) is 0 Å². The minimum atomic E-state index is -0.600. The number of benzene rings is 1. The van der Waals surface area contributed by atoms with Gasteiger partial charge in [0.1, 0.15) is 6.67 Å². The number of halogens is 1. The van der Waals surface area contributed by atoms with Gasteiger partial charge in [-0.1, -0.05) is 18.2 Å². The van der Waals surface area contributed by atoms with Gasteiger partial charge in [0.25, 0.3) is 5.56 Å². The van der Waals surface area contributed by atoms with Gasteiger partial charge in [0.2, 0.25) is 0 Å². The molecule has 0 aliphatic carbocycles. The molecule has 0 atom stereocenters. The van der Waals surface area contributed by atoms with Crippen molar-refractivity contribution in [1.29, 1.82) is 0 Å². The Balaban J connectivity index is 1.45. The van der Waals surface area contributed by atoms with Crippen molar-refractivity contribution >= 4 is 11.7 Å². The number of nitrogens with zero attached hydrogens (tertiary/aromatic N) is 3. The molecule has 3 aromatic heterocycles. The number of aromatic amines is 1. The van der Waals surface area contributed by atoms with Crippen LogP contribution in [0, 0.1) is 0 Å². The van der Waals surface area contributed by atoms with Crippen LogP contribution in [-0.4, -0.2) is 25.8 Å². The zero-order valence-corrected chi connectivity index (χ0v) is 16.4. The van der Waals surface area contributed by atoms with Crippen molar-refractivity contribution < 1.29 is 9.18 Å². The number of amides is 2. The van der Waals surface area contributed by atoms with Gasteiger partial charge in [-0.3, -0.25) is 14.9 Å². The Kier molecular flexibility index (Phi) is 5.84. The Labute approximate surface area is 176 Å². The maximum absolute atomic E-state index is 12.8. The standard InChI is InChI=1S/C22H19FN6O2/c23-11-15-3-1-5-18(9-15)28-22(31)26-12-16-6-8-25-20(10-16)29-21(30)19(14-27-29)17-4-2-7-24-13-17/h1-10,13-14,27H,11-12H2,(H2,26,28,31). The molecule has 0 spiro atoms. The van der Waals surface area contributed by atoms with E-state index in [4.69, 9.17) is 0 Å². The number of nitrogens with one attached hydrogen (secondary N) is 3. The van der Waals surface area contributed by atoms with Crippen molar-refractivity contribution in [3.63, 3.8) is 0 Å². The number of carbonyl (C=O) groups excluding carboxylic acids is 1. The highest BCUT2D eigenvalue weighted by molar-refractivity contribution is 5.89. The van der Waals surface area contributed by atoms with Gasteiger partial charge in [0, 0.05) is 42.6 Å². The molecular formula is C22H19FN6O2. The summed E-state index contributed by atoms with van der Waals surface area (Å²) in [5.74, 6) is 0.399. The van der Waals surface area contributed by atoms with E-state index in [9.17, 15) is 14.0 Å². The van der Waals surface area contributed by atoms with Gasteiger partial charge in [-0.15, -0.1) is 0 Å². The first kappa shape index (κ1) is 20.0. The minimum Gasteiger partial charge on any atom is -0.334 e. The lowest BCUT2D eigenvalue weighted by Gasteiger charge is -2.09. The van der Waals surface area contributed by atoms with Crippen LogP contribution in [0.4, 0.5) is 14.9 Å². The summed E-state index contributed by atoms with van der Waals surface area (Å²) >= 11 is 0. The Morgan fingerprint density at radius 1 is 1.10 bits per heavy atom. The smallest absolute Gasteiger partial charge is 0.319 e. The third kappa shape index (κ3) is 4.67. The monoisotopic (exact) mass is 418 g/mol. The lowest BCUT2D eigenvalue weighted by molar-refractivity contribution is 0.251. The molecule has 9 heteroatoms. The van der Waals surface area contributed by atoms with Crippen molar-refractivity contribution in [1.82, 2.24) is 25.1 Å². The Morgan fingerprint density at radius 2 is 2.00 bits per heavy atom. The first-order chi connectivity index (χ1) is 15.1. The van der Waals surface area contributed by atoms with Crippen LogP contribution in [-0.2, 0) is 13.2 Å². The third-order valence-electron chi connectivity index (χ3n) is 4.58. The van der Waals surface area contributed by atoms with E-state index >= 15 is 0 Å². The van der Waals surface area contributed by atoms with E-state index in [1.165, 1.54) is 4.68 Å².